The number of carbonyl (C=O) groups is 1. The highest BCUT2D eigenvalue weighted by molar-refractivity contribution is 5.94. The van der Waals surface area contributed by atoms with E-state index < -0.39 is 0 Å². The molecule has 6 nitrogen and oxygen atoms in total. The fourth-order valence-electron chi connectivity index (χ4n) is 4.25. The fourth-order valence-corrected chi connectivity index (χ4v) is 4.25. The molecule has 6 heteroatoms. The molecule has 33 heavy (non-hydrogen) atoms. The van der Waals surface area contributed by atoms with Crippen molar-refractivity contribution in [1.29, 1.82) is 0 Å². The van der Waals surface area contributed by atoms with Crippen LogP contribution in [0, 0.1) is 13.8 Å². The Kier molecular flexibility index (Phi) is 5.65. The summed E-state index contributed by atoms with van der Waals surface area (Å²) in [5, 5.41) is 7.52. The molecular weight excluding hydrogens is 412 g/mol. The lowest BCUT2D eigenvalue weighted by Gasteiger charge is -2.13. The first-order chi connectivity index (χ1) is 16.1. The van der Waals surface area contributed by atoms with Gasteiger partial charge in [-0.2, -0.15) is 5.10 Å². The van der Waals surface area contributed by atoms with Gasteiger partial charge in [-0.1, -0.05) is 30.3 Å². The zero-order valence-electron chi connectivity index (χ0n) is 18.8. The zero-order chi connectivity index (χ0) is 22.8. The number of benzene rings is 2. The third-order valence-corrected chi connectivity index (χ3v) is 5.91. The van der Waals surface area contributed by atoms with E-state index in [2.05, 4.69) is 27.5 Å². The first-order valence-electron chi connectivity index (χ1n) is 11.1. The lowest BCUT2D eigenvalue weighted by molar-refractivity contribution is 0.0933. The molecule has 1 aliphatic heterocycles. The molecule has 5 rings (SSSR count). The van der Waals surface area contributed by atoms with Gasteiger partial charge in [-0.05, 0) is 61.4 Å². The average Bonchev–Trinajstić information content (AvgIpc) is 3.40. The Labute approximate surface area is 193 Å². The summed E-state index contributed by atoms with van der Waals surface area (Å²) in [4.78, 5) is 17.1. The van der Waals surface area contributed by atoms with Crippen molar-refractivity contribution in [2.75, 3.05) is 6.54 Å². The van der Waals surface area contributed by atoms with Crippen molar-refractivity contribution in [1.82, 2.24) is 20.1 Å². The first-order valence-corrected chi connectivity index (χ1v) is 11.1. The largest absolute Gasteiger partial charge is 0.487 e. The summed E-state index contributed by atoms with van der Waals surface area (Å²) in [5.41, 5.74) is 6.89. The molecule has 0 fully saturated rings. The molecule has 1 atom stereocenters. The van der Waals surface area contributed by atoms with Gasteiger partial charge >= 0.3 is 0 Å². The third-order valence-electron chi connectivity index (χ3n) is 5.91. The van der Waals surface area contributed by atoms with Gasteiger partial charge in [0.2, 0.25) is 0 Å². The van der Waals surface area contributed by atoms with E-state index in [1.54, 1.807) is 6.20 Å². The molecule has 0 spiro atoms. The molecule has 2 aromatic carbocycles. The minimum absolute atomic E-state index is 0.0980. The van der Waals surface area contributed by atoms with Crippen molar-refractivity contribution in [2.45, 2.75) is 32.9 Å². The predicted molar refractivity (Wildman–Crippen MR) is 127 cm³/mol. The van der Waals surface area contributed by atoms with Crippen molar-refractivity contribution >= 4 is 5.91 Å². The highest BCUT2D eigenvalue weighted by Gasteiger charge is 2.26. The number of aryl methyl sites for hydroxylation is 2. The topological polar surface area (TPSA) is 69.0 Å². The van der Waals surface area contributed by atoms with Gasteiger partial charge in [0.25, 0.3) is 5.91 Å². The molecular formula is C27H26N4O2. The Morgan fingerprint density at radius 2 is 1.94 bits per heavy atom. The van der Waals surface area contributed by atoms with E-state index in [1.165, 1.54) is 0 Å². The number of amides is 1. The van der Waals surface area contributed by atoms with E-state index in [0.29, 0.717) is 18.7 Å². The van der Waals surface area contributed by atoms with Crippen LogP contribution in [0.4, 0.5) is 0 Å². The third kappa shape index (κ3) is 4.51. The van der Waals surface area contributed by atoms with Crippen molar-refractivity contribution in [3.8, 4) is 17.0 Å². The highest BCUT2D eigenvalue weighted by Crippen LogP contribution is 2.37. The van der Waals surface area contributed by atoms with Crippen LogP contribution in [0.1, 0.15) is 32.9 Å². The van der Waals surface area contributed by atoms with Crippen LogP contribution in [-0.4, -0.2) is 33.3 Å². The molecule has 0 radical (unpaired) electrons. The van der Waals surface area contributed by atoms with E-state index >= 15 is 0 Å². The van der Waals surface area contributed by atoms with Crippen LogP contribution in [0.2, 0.25) is 0 Å². The molecule has 0 saturated heterocycles. The fraction of sp³-hybridized carbons (Fsp3) is 0.222. The number of fused-ring (bicyclic) bond motifs is 1. The van der Waals surface area contributed by atoms with Gasteiger partial charge in [-0.25, -0.2) is 0 Å². The summed E-state index contributed by atoms with van der Waals surface area (Å²) in [5.74, 6) is 0.765. The standard InChI is InChI=1S/C27H26N4O2/c1-18-14-19(2)31(30-18)17-20-9-11-21(12-10-20)27(32)29-16-23-15-22-6-5-7-24(26(22)33-23)25-8-3-4-13-28-25/h3-14,23H,15-17H2,1-2H3,(H,29,32)/t23-/m1/s1. The van der Waals surface area contributed by atoms with Crippen molar-refractivity contribution in [3.63, 3.8) is 0 Å². The van der Waals surface area contributed by atoms with E-state index in [9.17, 15) is 4.79 Å². The van der Waals surface area contributed by atoms with E-state index in [0.717, 1.165) is 45.9 Å². The number of nitrogens with one attached hydrogen (secondary N) is 1. The second-order valence-corrected chi connectivity index (χ2v) is 8.44. The zero-order valence-corrected chi connectivity index (χ0v) is 18.8. The molecule has 1 aliphatic rings. The Bertz CT molecular complexity index is 1280. The average molecular weight is 439 g/mol. The number of rotatable bonds is 6. The summed E-state index contributed by atoms with van der Waals surface area (Å²) in [6.45, 7) is 5.17. The summed E-state index contributed by atoms with van der Waals surface area (Å²) in [7, 11) is 0. The Balaban J connectivity index is 1.20. The normalized spacial score (nSPS) is 14.5. The summed E-state index contributed by atoms with van der Waals surface area (Å²) < 4.78 is 8.18. The molecule has 1 amide bonds. The van der Waals surface area contributed by atoms with Crippen LogP contribution < -0.4 is 10.1 Å². The lowest BCUT2D eigenvalue weighted by Crippen LogP contribution is -2.34. The monoisotopic (exact) mass is 438 g/mol. The predicted octanol–water partition coefficient (Wildman–Crippen LogP) is 4.34. The lowest BCUT2D eigenvalue weighted by atomic mass is 10.0. The number of nitrogens with zero attached hydrogens (tertiary/aromatic N) is 3. The molecule has 0 saturated carbocycles. The second kappa shape index (κ2) is 8.90. The Morgan fingerprint density at radius 3 is 2.67 bits per heavy atom. The highest BCUT2D eigenvalue weighted by atomic mass is 16.5. The molecule has 1 N–H and O–H groups in total. The number of para-hydroxylation sites is 1. The number of carbonyl (C=O) groups excluding carboxylic acids is 1. The van der Waals surface area contributed by atoms with Gasteiger partial charge in [0.1, 0.15) is 11.9 Å². The molecule has 0 bridgehead atoms. The van der Waals surface area contributed by atoms with Crippen LogP contribution in [0.3, 0.4) is 0 Å². The smallest absolute Gasteiger partial charge is 0.251 e. The van der Waals surface area contributed by atoms with Crippen LogP contribution >= 0.6 is 0 Å². The van der Waals surface area contributed by atoms with Crippen LogP contribution in [0.15, 0.2) is 72.9 Å². The quantitative estimate of drug-likeness (QED) is 0.486. The molecule has 0 unspecified atom stereocenters. The summed E-state index contributed by atoms with van der Waals surface area (Å²) >= 11 is 0. The van der Waals surface area contributed by atoms with E-state index in [4.69, 9.17) is 4.74 Å². The minimum Gasteiger partial charge on any atom is -0.487 e. The molecule has 0 aliphatic carbocycles. The van der Waals surface area contributed by atoms with Gasteiger partial charge < -0.3 is 10.1 Å². The molecule has 166 valence electrons. The molecule has 4 aromatic rings. The van der Waals surface area contributed by atoms with E-state index in [-0.39, 0.29) is 12.0 Å². The summed E-state index contributed by atoms with van der Waals surface area (Å²) in [6, 6.07) is 21.7. The van der Waals surface area contributed by atoms with Gasteiger partial charge in [0, 0.05) is 29.4 Å². The van der Waals surface area contributed by atoms with Crippen LogP contribution in [0.5, 0.6) is 5.75 Å². The van der Waals surface area contributed by atoms with Crippen molar-refractivity contribution in [3.05, 3.63) is 101 Å². The Hall–Kier alpha value is -3.93. The van der Waals surface area contributed by atoms with Gasteiger partial charge in [-0.15, -0.1) is 0 Å². The first kappa shape index (κ1) is 20.9. The second-order valence-electron chi connectivity index (χ2n) is 8.44. The van der Waals surface area contributed by atoms with Gasteiger partial charge in [0.15, 0.2) is 0 Å². The Morgan fingerprint density at radius 1 is 1.09 bits per heavy atom. The molecule has 3 heterocycles. The number of hydrogen-bond acceptors (Lipinski definition) is 4. The SMILES string of the molecule is Cc1cc(C)n(Cc2ccc(C(=O)NC[C@H]3Cc4cccc(-c5ccccn5)c4O3)cc2)n1. The number of hydrogen-bond donors (Lipinski definition) is 1. The number of pyridine rings is 1. The molecule has 2 aromatic heterocycles. The van der Waals surface area contributed by atoms with Crippen molar-refractivity contribution < 1.29 is 9.53 Å². The summed E-state index contributed by atoms with van der Waals surface area (Å²) in [6.07, 6.45) is 2.45. The minimum atomic E-state index is -0.0998. The van der Waals surface area contributed by atoms with Crippen LogP contribution in [-0.2, 0) is 13.0 Å². The van der Waals surface area contributed by atoms with Crippen LogP contribution in [0.25, 0.3) is 11.3 Å². The van der Waals surface area contributed by atoms with Crippen molar-refractivity contribution in [2.24, 2.45) is 0 Å². The maximum Gasteiger partial charge on any atom is 0.251 e. The van der Waals surface area contributed by atoms with E-state index in [1.807, 2.05) is 73.1 Å². The maximum absolute atomic E-state index is 12.7. The maximum atomic E-state index is 12.7. The van der Waals surface area contributed by atoms with Gasteiger partial charge in [-0.3, -0.25) is 14.5 Å². The van der Waals surface area contributed by atoms with Gasteiger partial charge in [0.05, 0.1) is 24.5 Å². The number of ether oxygens (including phenoxy) is 1. The number of aromatic nitrogens is 3.